The van der Waals surface area contributed by atoms with Crippen molar-refractivity contribution in [3.8, 4) is 17.6 Å². The summed E-state index contributed by atoms with van der Waals surface area (Å²) >= 11 is 0. The van der Waals surface area contributed by atoms with Crippen LogP contribution in [0.1, 0.15) is 29.3 Å². The molecule has 10 heteroatoms. The van der Waals surface area contributed by atoms with Crippen molar-refractivity contribution in [2.24, 2.45) is 4.99 Å². The van der Waals surface area contributed by atoms with Crippen LogP contribution in [0.25, 0.3) is 16.7 Å². The zero-order valence-electron chi connectivity index (χ0n) is 18.9. The normalized spacial score (nSPS) is 12.9. The molecule has 4 aromatic rings. The largest absolute Gasteiger partial charge is 0.454 e. The zero-order valence-corrected chi connectivity index (χ0v) is 18.9. The van der Waals surface area contributed by atoms with Crippen LogP contribution in [0.5, 0.6) is 11.5 Å². The van der Waals surface area contributed by atoms with Crippen molar-refractivity contribution in [3.05, 3.63) is 75.6 Å². The summed E-state index contributed by atoms with van der Waals surface area (Å²) in [5.41, 5.74) is 0.985. The summed E-state index contributed by atoms with van der Waals surface area (Å²) in [5, 5.41) is 10.2. The SMILES string of the molecule is CCOCCCn1c(=NC(=O)c2ccc3c(c2)OCO3)c(C#N)cc2c(=O)n3ccccc3nc21. The van der Waals surface area contributed by atoms with E-state index in [1.54, 1.807) is 47.2 Å². The van der Waals surface area contributed by atoms with Crippen molar-refractivity contribution < 1.29 is 19.0 Å². The van der Waals surface area contributed by atoms with Crippen LogP contribution in [0.2, 0.25) is 0 Å². The van der Waals surface area contributed by atoms with E-state index < -0.39 is 5.91 Å². The Hall–Kier alpha value is -4.49. The highest BCUT2D eigenvalue weighted by Gasteiger charge is 2.18. The van der Waals surface area contributed by atoms with E-state index in [0.29, 0.717) is 49.0 Å². The number of nitriles is 1. The van der Waals surface area contributed by atoms with Crippen LogP contribution in [0, 0.1) is 11.3 Å². The summed E-state index contributed by atoms with van der Waals surface area (Å²) in [6, 6.07) is 13.5. The second-order valence-electron chi connectivity index (χ2n) is 7.76. The maximum absolute atomic E-state index is 13.2. The van der Waals surface area contributed by atoms with Gasteiger partial charge in [0.15, 0.2) is 17.0 Å². The number of aryl methyl sites for hydroxylation is 1. The third-order valence-electron chi connectivity index (χ3n) is 5.61. The van der Waals surface area contributed by atoms with Gasteiger partial charge < -0.3 is 18.8 Å². The van der Waals surface area contributed by atoms with Crippen LogP contribution in [0.15, 0.2) is 58.4 Å². The highest BCUT2D eigenvalue weighted by Crippen LogP contribution is 2.32. The first kappa shape index (κ1) is 22.3. The smallest absolute Gasteiger partial charge is 0.279 e. The first-order valence-electron chi connectivity index (χ1n) is 11.1. The molecule has 0 N–H and O–H groups in total. The Morgan fingerprint density at radius 3 is 2.91 bits per heavy atom. The van der Waals surface area contributed by atoms with Crippen LogP contribution in [-0.4, -0.2) is 39.9 Å². The Bertz CT molecular complexity index is 1630. The minimum absolute atomic E-state index is 0.0857. The van der Waals surface area contributed by atoms with Crippen LogP contribution in [-0.2, 0) is 11.3 Å². The molecule has 0 atom stereocenters. The number of nitrogens with zero attached hydrogens (tertiary/aromatic N) is 5. The first-order chi connectivity index (χ1) is 17.1. The van der Waals surface area contributed by atoms with Gasteiger partial charge in [-0.1, -0.05) is 6.07 Å². The number of hydrogen-bond donors (Lipinski definition) is 0. The second kappa shape index (κ2) is 9.40. The van der Waals surface area contributed by atoms with Gasteiger partial charge in [-0.15, -0.1) is 0 Å². The number of rotatable bonds is 6. The number of benzene rings is 1. The Kier molecular flexibility index (Phi) is 5.99. The number of amides is 1. The third-order valence-corrected chi connectivity index (χ3v) is 5.61. The van der Waals surface area contributed by atoms with Crippen molar-refractivity contribution in [2.45, 2.75) is 19.9 Å². The molecule has 10 nitrogen and oxygen atoms in total. The Labute approximate surface area is 199 Å². The molecule has 1 aliphatic rings. The number of fused-ring (bicyclic) bond motifs is 3. The molecule has 176 valence electrons. The van der Waals surface area contributed by atoms with Gasteiger partial charge >= 0.3 is 0 Å². The summed E-state index contributed by atoms with van der Waals surface area (Å²) in [7, 11) is 0. The predicted molar refractivity (Wildman–Crippen MR) is 125 cm³/mol. The van der Waals surface area contributed by atoms with Crippen LogP contribution in [0.3, 0.4) is 0 Å². The summed E-state index contributed by atoms with van der Waals surface area (Å²) in [4.78, 5) is 35.3. The van der Waals surface area contributed by atoms with E-state index >= 15 is 0 Å². The summed E-state index contributed by atoms with van der Waals surface area (Å²) in [5.74, 6) is 0.443. The monoisotopic (exact) mass is 471 g/mol. The molecule has 1 aliphatic heterocycles. The highest BCUT2D eigenvalue weighted by atomic mass is 16.7. The standard InChI is InChI=1S/C25H21N5O5/c1-2-33-11-5-10-30-22(28-24(31)16-7-8-19-20(13-16)35-15-34-19)17(14-26)12-18-23(30)27-21-6-3-4-9-29(21)25(18)32/h3-4,6-9,12-13H,2,5,10-11,15H2,1H3. The lowest BCUT2D eigenvalue weighted by Crippen LogP contribution is -2.30. The molecule has 0 radical (unpaired) electrons. The molecule has 4 heterocycles. The number of aromatic nitrogens is 3. The van der Waals surface area contributed by atoms with Crippen molar-refractivity contribution in [1.82, 2.24) is 14.0 Å². The van der Waals surface area contributed by atoms with Gasteiger partial charge in [0.1, 0.15) is 17.4 Å². The van der Waals surface area contributed by atoms with E-state index in [1.807, 2.05) is 6.92 Å². The van der Waals surface area contributed by atoms with Gasteiger partial charge in [0.25, 0.3) is 11.5 Å². The fourth-order valence-electron chi connectivity index (χ4n) is 3.95. The first-order valence-corrected chi connectivity index (χ1v) is 11.1. The van der Waals surface area contributed by atoms with Crippen molar-refractivity contribution in [3.63, 3.8) is 0 Å². The van der Waals surface area contributed by atoms with Crippen molar-refractivity contribution >= 4 is 22.6 Å². The van der Waals surface area contributed by atoms with E-state index in [1.165, 1.54) is 10.5 Å². The predicted octanol–water partition coefficient (Wildman–Crippen LogP) is 2.42. The summed E-state index contributed by atoms with van der Waals surface area (Å²) in [6.07, 6.45) is 2.19. The molecule has 0 saturated carbocycles. The maximum Gasteiger partial charge on any atom is 0.279 e. The van der Waals surface area contributed by atoms with Crippen LogP contribution >= 0.6 is 0 Å². The number of ether oxygens (including phenoxy) is 3. The quantitative estimate of drug-likeness (QED) is 0.313. The molecule has 0 unspecified atom stereocenters. The van der Waals surface area contributed by atoms with Crippen LogP contribution < -0.4 is 20.5 Å². The average Bonchev–Trinajstić information content (AvgIpc) is 3.35. The number of carbonyl (C=O) groups is 1. The van der Waals surface area contributed by atoms with Crippen LogP contribution in [0.4, 0.5) is 0 Å². The number of carbonyl (C=O) groups excluding carboxylic acids is 1. The maximum atomic E-state index is 13.2. The molecule has 0 aliphatic carbocycles. The molecular formula is C25H21N5O5. The topological polar surface area (TPSA) is 120 Å². The van der Waals surface area contributed by atoms with Gasteiger partial charge in [0, 0.05) is 31.5 Å². The molecule has 1 aromatic carbocycles. The fourth-order valence-corrected chi connectivity index (χ4v) is 3.95. The van der Waals surface area contributed by atoms with Crippen molar-refractivity contribution in [1.29, 1.82) is 5.26 Å². The summed E-state index contributed by atoms with van der Waals surface area (Å²) in [6.45, 7) is 3.35. The molecule has 3 aromatic heterocycles. The molecule has 0 saturated heterocycles. The molecule has 0 bridgehead atoms. The Morgan fingerprint density at radius 2 is 2.09 bits per heavy atom. The van der Waals surface area contributed by atoms with Crippen molar-refractivity contribution in [2.75, 3.05) is 20.0 Å². The minimum Gasteiger partial charge on any atom is -0.454 e. The van der Waals surface area contributed by atoms with Gasteiger partial charge in [0.2, 0.25) is 6.79 Å². The lowest BCUT2D eigenvalue weighted by molar-refractivity contribution is 0.0996. The summed E-state index contributed by atoms with van der Waals surface area (Å²) < 4.78 is 19.2. The Balaban J connectivity index is 1.73. The third kappa shape index (κ3) is 4.13. The number of hydrogen-bond acceptors (Lipinski definition) is 7. The molecule has 35 heavy (non-hydrogen) atoms. The van der Waals surface area contributed by atoms with E-state index in [9.17, 15) is 14.9 Å². The van der Waals surface area contributed by atoms with Gasteiger partial charge in [-0.05, 0) is 49.7 Å². The Morgan fingerprint density at radius 1 is 1.23 bits per heavy atom. The zero-order chi connectivity index (χ0) is 24.4. The van der Waals surface area contributed by atoms with E-state index in [2.05, 4.69) is 16.0 Å². The van der Waals surface area contributed by atoms with E-state index in [-0.39, 0.29) is 34.4 Å². The number of pyridine rings is 2. The minimum atomic E-state index is -0.560. The van der Waals surface area contributed by atoms with E-state index in [4.69, 9.17) is 14.2 Å². The second-order valence-corrected chi connectivity index (χ2v) is 7.76. The van der Waals surface area contributed by atoms with Gasteiger partial charge in [0.05, 0.1) is 10.9 Å². The van der Waals surface area contributed by atoms with Gasteiger partial charge in [-0.25, -0.2) is 4.98 Å². The molecule has 0 fully saturated rings. The van der Waals surface area contributed by atoms with Gasteiger partial charge in [-0.3, -0.25) is 14.0 Å². The lowest BCUT2D eigenvalue weighted by Gasteiger charge is -2.13. The highest BCUT2D eigenvalue weighted by molar-refractivity contribution is 5.95. The average molecular weight is 471 g/mol. The lowest BCUT2D eigenvalue weighted by atomic mass is 10.2. The molecule has 0 spiro atoms. The molecule has 5 rings (SSSR count). The molecular weight excluding hydrogens is 450 g/mol. The fraction of sp³-hybridized carbons (Fsp3) is 0.240. The van der Waals surface area contributed by atoms with E-state index in [0.717, 1.165) is 0 Å². The van der Waals surface area contributed by atoms with Gasteiger partial charge in [-0.2, -0.15) is 10.3 Å². The molecule has 1 amide bonds.